The van der Waals surface area contributed by atoms with Gasteiger partial charge in [0, 0.05) is 51.5 Å². The topological polar surface area (TPSA) is 27.7 Å². The summed E-state index contributed by atoms with van der Waals surface area (Å²) in [7, 11) is 5.90. The molecule has 0 radical (unpaired) electrons. The Morgan fingerprint density at radius 3 is 2.29 bits per heavy atom. The van der Waals surface area contributed by atoms with Gasteiger partial charge in [-0.1, -0.05) is 30.3 Å². The number of hydrogen-bond acceptors (Lipinski definition) is 4. The maximum absolute atomic E-state index is 5.65. The van der Waals surface area contributed by atoms with Crippen LogP contribution >= 0.6 is 0 Å². The van der Waals surface area contributed by atoms with Crippen molar-refractivity contribution in [1.82, 2.24) is 10.2 Å². The second-order valence-electron chi connectivity index (χ2n) is 6.42. The van der Waals surface area contributed by atoms with E-state index in [1.165, 1.54) is 16.8 Å². The van der Waals surface area contributed by atoms with Gasteiger partial charge in [-0.15, -0.1) is 0 Å². The zero-order valence-corrected chi connectivity index (χ0v) is 14.8. The van der Waals surface area contributed by atoms with E-state index in [2.05, 4.69) is 71.7 Å². The van der Waals surface area contributed by atoms with E-state index < -0.39 is 0 Å². The number of nitrogens with zero attached hydrogens (tertiary/aromatic N) is 2. The first kappa shape index (κ1) is 16.8. The Morgan fingerprint density at radius 2 is 1.67 bits per heavy atom. The zero-order chi connectivity index (χ0) is 16.9. The number of anilines is 1. The fourth-order valence-corrected chi connectivity index (χ4v) is 3.37. The molecule has 1 unspecified atom stereocenters. The maximum atomic E-state index is 5.65. The minimum Gasteiger partial charge on any atom is -0.496 e. The smallest absolute Gasteiger partial charge is 0.123 e. The Kier molecular flexibility index (Phi) is 5.38. The van der Waals surface area contributed by atoms with Crippen molar-refractivity contribution in [3.8, 4) is 5.75 Å². The molecule has 4 nitrogen and oxygen atoms in total. The third kappa shape index (κ3) is 3.55. The molecule has 1 atom stereocenters. The maximum Gasteiger partial charge on any atom is 0.123 e. The normalized spacial score (nSPS) is 16.6. The monoisotopic (exact) mass is 325 g/mol. The number of rotatable bonds is 5. The summed E-state index contributed by atoms with van der Waals surface area (Å²) in [5.41, 5.74) is 3.77. The second-order valence-corrected chi connectivity index (χ2v) is 6.42. The Balaban J connectivity index is 2.01. The van der Waals surface area contributed by atoms with Crippen LogP contribution in [-0.4, -0.2) is 52.3 Å². The molecule has 1 heterocycles. The highest BCUT2D eigenvalue weighted by atomic mass is 16.5. The van der Waals surface area contributed by atoms with Crippen LogP contribution in [0.5, 0.6) is 5.75 Å². The van der Waals surface area contributed by atoms with Gasteiger partial charge in [0.05, 0.1) is 13.2 Å². The summed E-state index contributed by atoms with van der Waals surface area (Å²) in [6, 6.07) is 17.5. The van der Waals surface area contributed by atoms with Gasteiger partial charge in [0.2, 0.25) is 0 Å². The lowest BCUT2D eigenvalue weighted by molar-refractivity contribution is 0.195. The van der Waals surface area contributed by atoms with Gasteiger partial charge in [0.1, 0.15) is 5.75 Å². The quantitative estimate of drug-likeness (QED) is 0.915. The van der Waals surface area contributed by atoms with Gasteiger partial charge >= 0.3 is 0 Å². The van der Waals surface area contributed by atoms with Crippen LogP contribution in [-0.2, 0) is 0 Å². The third-order valence-electron chi connectivity index (χ3n) is 4.68. The van der Waals surface area contributed by atoms with Crippen LogP contribution in [0.3, 0.4) is 0 Å². The number of nitrogens with one attached hydrogen (secondary N) is 1. The van der Waals surface area contributed by atoms with Crippen molar-refractivity contribution in [2.24, 2.45) is 0 Å². The number of para-hydroxylation sites is 1. The average Bonchev–Trinajstić information content (AvgIpc) is 2.64. The second kappa shape index (κ2) is 7.69. The number of hydrogen-bond donors (Lipinski definition) is 1. The predicted octanol–water partition coefficient (Wildman–Crippen LogP) is 2.76. The van der Waals surface area contributed by atoms with Crippen molar-refractivity contribution >= 4 is 5.69 Å². The van der Waals surface area contributed by atoms with Crippen molar-refractivity contribution in [1.29, 1.82) is 0 Å². The summed E-state index contributed by atoms with van der Waals surface area (Å²) >= 11 is 0. The minimum absolute atomic E-state index is 0.222. The van der Waals surface area contributed by atoms with Gasteiger partial charge in [-0.3, -0.25) is 4.90 Å². The van der Waals surface area contributed by atoms with E-state index in [1.54, 1.807) is 7.11 Å². The van der Waals surface area contributed by atoms with E-state index in [9.17, 15) is 0 Å². The van der Waals surface area contributed by atoms with E-state index in [0.29, 0.717) is 0 Å². The highest BCUT2D eigenvalue weighted by Crippen LogP contribution is 2.35. The summed E-state index contributed by atoms with van der Waals surface area (Å²) in [5, 5.41) is 3.45. The molecule has 4 heteroatoms. The Morgan fingerprint density at radius 1 is 1.00 bits per heavy atom. The number of piperazine rings is 1. The SMILES string of the molecule is COc1ccccc1C(c1ccc(N(C)C)cc1)N1CCNCC1. The van der Waals surface area contributed by atoms with Gasteiger partial charge < -0.3 is 15.0 Å². The standard InChI is InChI=1S/C20H27N3O/c1-22(2)17-10-8-16(9-11-17)20(23-14-12-21-13-15-23)18-6-4-5-7-19(18)24-3/h4-11,20-21H,12-15H2,1-3H3. The molecule has 0 saturated carbocycles. The van der Waals surface area contributed by atoms with Gasteiger partial charge in [-0.25, -0.2) is 0 Å². The summed E-state index contributed by atoms with van der Waals surface area (Å²) in [6.45, 7) is 4.14. The lowest BCUT2D eigenvalue weighted by atomic mass is 9.95. The first-order valence-corrected chi connectivity index (χ1v) is 8.55. The van der Waals surface area contributed by atoms with Gasteiger partial charge in [-0.05, 0) is 23.8 Å². The van der Waals surface area contributed by atoms with Crippen LogP contribution in [0.4, 0.5) is 5.69 Å². The molecular weight excluding hydrogens is 298 g/mol. The molecule has 3 rings (SSSR count). The molecular formula is C20H27N3O. The van der Waals surface area contributed by atoms with Crippen LogP contribution < -0.4 is 15.0 Å². The Hall–Kier alpha value is -2.04. The molecule has 2 aromatic carbocycles. The molecule has 24 heavy (non-hydrogen) atoms. The van der Waals surface area contributed by atoms with Crippen LogP contribution in [0.15, 0.2) is 48.5 Å². The molecule has 0 aliphatic carbocycles. The molecule has 1 N–H and O–H groups in total. The van der Waals surface area contributed by atoms with Crippen LogP contribution in [0.1, 0.15) is 17.2 Å². The van der Waals surface area contributed by atoms with E-state index >= 15 is 0 Å². The molecule has 1 saturated heterocycles. The molecule has 0 aromatic heterocycles. The highest BCUT2D eigenvalue weighted by Gasteiger charge is 2.26. The highest BCUT2D eigenvalue weighted by molar-refractivity contribution is 5.49. The van der Waals surface area contributed by atoms with Crippen molar-refractivity contribution in [3.05, 3.63) is 59.7 Å². The lowest BCUT2D eigenvalue weighted by Gasteiger charge is -2.36. The third-order valence-corrected chi connectivity index (χ3v) is 4.68. The minimum atomic E-state index is 0.222. The van der Waals surface area contributed by atoms with Crippen molar-refractivity contribution < 1.29 is 4.74 Å². The number of ether oxygens (including phenoxy) is 1. The predicted molar refractivity (Wildman–Crippen MR) is 100 cm³/mol. The van der Waals surface area contributed by atoms with Crippen molar-refractivity contribution in [2.45, 2.75) is 6.04 Å². The Labute approximate surface area is 145 Å². The van der Waals surface area contributed by atoms with Crippen molar-refractivity contribution in [3.63, 3.8) is 0 Å². The van der Waals surface area contributed by atoms with E-state index in [4.69, 9.17) is 4.74 Å². The zero-order valence-electron chi connectivity index (χ0n) is 14.8. The fraction of sp³-hybridized carbons (Fsp3) is 0.400. The van der Waals surface area contributed by atoms with Crippen LogP contribution in [0, 0.1) is 0 Å². The van der Waals surface area contributed by atoms with Crippen LogP contribution in [0.2, 0.25) is 0 Å². The fourth-order valence-electron chi connectivity index (χ4n) is 3.37. The molecule has 0 spiro atoms. The van der Waals surface area contributed by atoms with E-state index in [0.717, 1.165) is 31.9 Å². The molecule has 0 bridgehead atoms. The van der Waals surface area contributed by atoms with Gasteiger partial charge in [0.15, 0.2) is 0 Å². The molecule has 2 aromatic rings. The number of benzene rings is 2. The summed E-state index contributed by atoms with van der Waals surface area (Å²) in [4.78, 5) is 4.67. The summed E-state index contributed by atoms with van der Waals surface area (Å²) in [5.74, 6) is 0.956. The lowest BCUT2D eigenvalue weighted by Crippen LogP contribution is -2.45. The molecule has 1 aliphatic heterocycles. The van der Waals surface area contributed by atoms with Crippen LogP contribution in [0.25, 0.3) is 0 Å². The molecule has 128 valence electrons. The number of methoxy groups -OCH3 is 1. The average molecular weight is 325 g/mol. The Bertz CT molecular complexity index is 648. The van der Waals surface area contributed by atoms with E-state index in [1.807, 2.05) is 6.07 Å². The van der Waals surface area contributed by atoms with Gasteiger partial charge in [0.25, 0.3) is 0 Å². The first-order chi connectivity index (χ1) is 11.7. The van der Waals surface area contributed by atoms with E-state index in [-0.39, 0.29) is 6.04 Å². The summed E-state index contributed by atoms with van der Waals surface area (Å²) in [6.07, 6.45) is 0. The first-order valence-electron chi connectivity index (χ1n) is 8.55. The van der Waals surface area contributed by atoms with Crippen molar-refractivity contribution in [2.75, 3.05) is 52.3 Å². The van der Waals surface area contributed by atoms with Gasteiger partial charge in [-0.2, -0.15) is 0 Å². The molecule has 0 amide bonds. The molecule has 1 fully saturated rings. The molecule has 1 aliphatic rings. The largest absolute Gasteiger partial charge is 0.496 e. The summed E-state index contributed by atoms with van der Waals surface area (Å²) < 4.78 is 5.65.